The molecule has 0 heterocycles. The predicted octanol–water partition coefficient (Wildman–Crippen LogP) is 3.16. The molecule has 4 nitrogen and oxygen atoms in total. The first-order valence-corrected chi connectivity index (χ1v) is 6.45. The average Bonchev–Trinajstić information content (AvgIpc) is 2.49. The Kier molecular flexibility index (Phi) is 4.24. The van der Waals surface area contributed by atoms with Crippen LogP contribution in [0.2, 0.25) is 0 Å². The number of nitrogens with zero attached hydrogens (tertiary/aromatic N) is 1. The zero-order valence-corrected chi connectivity index (χ0v) is 11.9. The molecule has 0 amide bonds. The smallest absolute Gasteiger partial charge is 0.337 e. The van der Waals surface area contributed by atoms with Crippen molar-refractivity contribution in [1.29, 1.82) is 5.26 Å². The van der Waals surface area contributed by atoms with Gasteiger partial charge in [-0.3, -0.25) is 0 Å². The average molecular weight is 281 g/mol. The first kappa shape index (κ1) is 14.6. The molecule has 2 aromatic carbocycles. The van der Waals surface area contributed by atoms with Crippen LogP contribution < -0.4 is 4.74 Å². The molecule has 0 fully saturated rings. The molecule has 2 aromatic rings. The Morgan fingerprint density at radius 3 is 2.43 bits per heavy atom. The van der Waals surface area contributed by atoms with Crippen LogP contribution in [0.15, 0.2) is 36.4 Å². The summed E-state index contributed by atoms with van der Waals surface area (Å²) in [6.07, 6.45) is 0.514. The van der Waals surface area contributed by atoms with Gasteiger partial charge in [-0.1, -0.05) is 18.2 Å². The van der Waals surface area contributed by atoms with Crippen LogP contribution in [0, 0.1) is 18.3 Å². The number of hydrogen-bond donors (Lipinski definition) is 1. The molecular formula is C17H15NO3. The number of carboxylic acid groups (broad SMARTS) is 1. The van der Waals surface area contributed by atoms with E-state index in [9.17, 15) is 15.2 Å². The molecule has 2 rings (SSSR count). The highest BCUT2D eigenvalue weighted by Crippen LogP contribution is 2.23. The minimum atomic E-state index is -1.08. The zero-order chi connectivity index (χ0) is 15.4. The summed E-state index contributed by atoms with van der Waals surface area (Å²) in [5.41, 5.74) is 2.94. The normalized spacial score (nSPS) is 9.95. The molecule has 0 aromatic heterocycles. The van der Waals surface area contributed by atoms with E-state index in [4.69, 9.17) is 4.74 Å². The summed E-state index contributed by atoms with van der Waals surface area (Å²) in [5.74, 6) is -0.321. The van der Waals surface area contributed by atoms with Gasteiger partial charge in [-0.2, -0.15) is 5.26 Å². The van der Waals surface area contributed by atoms with Crippen molar-refractivity contribution < 1.29 is 14.6 Å². The largest absolute Gasteiger partial charge is 0.497 e. The lowest BCUT2D eigenvalue weighted by atomic mass is 9.92. The number of carboxylic acids is 1. The Morgan fingerprint density at radius 1 is 1.24 bits per heavy atom. The van der Waals surface area contributed by atoms with Gasteiger partial charge in [0.2, 0.25) is 0 Å². The number of carbonyl (C=O) groups is 1. The highest BCUT2D eigenvalue weighted by atomic mass is 16.5. The molecule has 0 saturated heterocycles. The minimum absolute atomic E-state index is 0.0478. The van der Waals surface area contributed by atoms with Crippen molar-refractivity contribution >= 4 is 5.97 Å². The molecule has 0 radical (unpaired) electrons. The van der Waals surface area contributed by atoms with Crippen molar-refractivity contribution in [2.75, 3.05) is 7.11 Å². The fourth-order valence-corrected chi connectivity index (χ4v) is 2.23. The topological polar surface area (TPSA) is 70.3 Å². The van der Waals surface area contributed by atoms with Gasteiger partial charge in [0.25, 0.3) is 0 Å². The Hall–Kier alpha value is -2.80. The maximum Gasteiger partial charge on any atom is 0.337 e. The minimum Gasteiger partial charge on any atom is -0.497 e. The number of aromatic carboxylic acids is 1. The first-order chi connectivity index (χ1) is 10.1. The second kappa shape index (κ2) is 6.10. The molecule has 0 spiro atoms. The van der Waals surface area contributed by atoms with Crippen molar-refractivity contribution in [1.82, 2.24) is 0 Å². The van der Waals surface area contributed by atoms with Gasteiger partial charge in [-0.05, 0) is 48.2 Å². The molecule has 106 valence electrons. The van der Waals surface area contributed by atoms with E-state index in [1.54, 1.807) is 13.2 Å². The van der Waals surface area contributed by atoms with Crippen LogP contribution in [0.3, 0.4) is 0 Å². The summed E-state index contributed by atoms with van der Waals surface area (Å²) in [5, 5.41) is 18.5. The number of ether oxygens (including phenoxy) is 1. The van der Waals surface area contributed by atoms with Crippen LogP contribution in [-0.2, 0) is 6.42 Å². The molecule has 1 N–H and O–H groups in total. The first-order valence-electron chi connectivity index (χ1n) is 6.45. The molecule has 0 aliphatic heterocycles. The predicted molar refractivity (Wildman–Crippen MR) is 78.7 cm³/mol. The van der Waals surface area contributed by atoms with Crippen LogP contribution in [0.5, 0.6) is 5.75 Å². The monoisotopic (exact) mass is 281 g/mol. The standard InChI is InChI=1S/C17H15NO3/c1-11-3-8-14(17(19)20)16(10-18)15(11)9-12-4-6-13(21-2)7-5-12/h3-8H,9H2,1-2H3,(H,19,20). The fraction of sp³-hybridized carbons (Fsp3) is 0.176. The number of nitriles is 1. The van der Waals surface area contributed by atoms with Crippen LogP contribution in [-0.4, -0.2) is 18.2 Å². The Morgan fingerprint density at radius 2 is 1.90 bits per heavy atom. The Balaban J connectivity index is 2.45. The number of benzene rings is 2. The van der Waals surface area contributed by atoms with Crippen LogP contribution in [0.25, 0.3) is 0 Å². The molecule has 21 heavy (non-hydrogen) atoms. The molecule has 0 atom stereocenters. The molecule has 0 saturated carbocycles. The van der Waals surface area contributed by atoms with E-state index in [0.29, 0.717) is 6.42 Å². The molecule has 0 unspecified atom stereocenters. The van der Waals surface area contributed by atoms with E-state index in [0.717, 1.165) is 22.4 Å². The highest BCUT2D eigenvalue weighted by Gasteiger charge is 2.16. The van der Waals surface area contributed by atoms with Crippen LogP contribution in [0.4, 0.5) is 0 Å². The number of methoxy groups -OCH3 is 1. The highest BCUT2D eigenvalue weighted by molar-refractivity contribution is 5.91. The number of aryl methyl sites for hydroxylation is 1. The van der Waals surface area contributed by atoms with Crippen molar-refractivity contribution in [3.8, 4) is 11.8 Å². The Bertz CT molecular complexity index is 712. The van der Waals surface area contributed by atoms with Crippen molar-refractivity contribution in [2.45, 2.75) is 13.3 Å². The molecular weight excluding hydrogens is 266 g/mol. The number of hydrogen-bond acceptors (Lipinski definition) is 3. The van der Waals surface area contributed by atoms with E-state index < -0.39 is 5.97 Å². The fourth-order valence-electron chi connectivity index (χ4n) is 2.23. The lowest BCUT2D eigenvalue weighted by Gasteiger charge is -2.11. The van der Waals surface area contributed by atoms with Gasteiger partial charge < -0.3 is 9.84 Å². The van der Waals surface area contributed by atoms with Gasteiger partial charge in [-0.25, -0.2) is 4.79 Å². The van der Waals surface area contributed by atoms with Gasteiger partial charge >= 0.3 is 5.97 Å². The van der Waals surface area contributed by atoms with Crippen LogP contribution in [0.1, 0.15) is 32.6 Å². The second-order valence-electron chi connectivity index (χ2n) is 4.73. The molecule has 0 aliphatic rings. The van der Waals surface area contributed by atoms with Gasteiger partial charge in [0.1, 0.15) is 11.8 Å². The molecule has 0 bridgehead atoms. The molecule has 4 heteroatoms. The third-order valence-electron chi connectivity index (χ3n) is 3.43. The van der Waals surface area contributed by atoms with Crippen molar-refractivity contribution in [2.24, 2.45) is 0 Å². The van der Waals surface area contributed by atoms with Crippen molar-refractivity contribution in [3.05, 3.63) is 64.2 Å². The van der Waals surface area contributed by atoms with E-state index in [1.807, 2.05) is 37.3 Å². The maximum atomic E-state index is 11.2. The summed E-state index contributed by atoms with van der Waals surface area (Å²) in [7, 11) is 1.60. The van der Waals surface area contributed by atoms with Gasteiger partial charge in [-0.15, -0.1) is 0 Å². The third kappa shape index (κ3) is 3.03. The Labute approximate surface area is 123 Å². The van der Waals surface area contributed by atoms with E-state index in [-0.39, 0.29) is 11.1 Å². The third-order valence-corrected chi connectivity index (χ3v) is 3.43. The van der Waals surface area contributed by atoms with Gasteiger partial charge in [0, 0.05) is 0 Å². The summed E-state index contributed by atoms with van der Waals surface area (Å²) >= 11 is 0. The summed E-state index contributed by atoms with van der Waals surface area (Å²) in [6.45, 7) is 1.88. The van der Waals surface area contributed by atoms with Crippen LogP contribution >= 0.6 is 0 Å². The van der Waals surface area contributed by atoms with E-state index in [1.165, 1.54) is 6.07 Å². The van der Waals surface area contributed by atoms with E-state index in [2.05, 4.69) is 0 Å². The number of rotatable bonds is 4. The molecule has 0 aliphatic carbocycles. The lowest BCUT2D eigenvalue weighted by Crippen LogP contribution is -2.06. The quantitative estimate of drug-likeness (QED) is 0.934. The summed E-state index contributed by atoms with van der Waals surface area (Å²) in [6, 6.07) is 12.8. The zero-order valence-electron chi connectivity index (χ0n) is 11.9. The summed E-state index contributed by atoms with van der Waals surface area (Å²) in [4.78, 5) is 11.2. The van der Waals surface area contributed by atoms with Gasteiger partial charge in [0.15, 0.2) is 0 Å². The summed E-state index contributed by atoms with van der Waals surface area (Å²) < 4.78 is 5.11. The van der Waals surface area contributed by atoms with Gasteiger partial charge in [0.05, 0.1) is 18.2 Å². The second-order valence-corrected chi connectivity index (χ2v) is 4.73. The lowest BCUT2D eigenvalue weighted by molar-refractivity contribution is 0.0696. The maximum absolute atomic E-state index is 11.2. The SMILES string of the molecule is COc1ccc(Cc2c(C)ccc(C(=O)O)c2C#N)cc1. The van der Waals surface area contributed by atoms with Crippen molar-refractivity contribution in [3.63, 3.8) is 0 Å². The van der Waals surface area contributed by atoms with E-state index >= 15 is 0 Å².